The molecule has 0 bridgehead atoms. The lowest BCUT2D eigenvalue weighted by molar-refractivity contribution is -0.171. The fourth-order valence-electron chi connectivity index (χ4n) is 6.56. The van der Waals surface area contributed by atoms with Crippen molar-refractivity contribution in [3.8, 4) is 5.75 Å². The molecule has 5 rings (SSSR count). The summed E-state index contributed by atoms with van der Waals surface area (Å²) in [6, 6.07) is 2.31. The highest BCUT2D eigenvalue weighted by Crippen LogP contribution is 2.44. The number of hydrogen-bond donors (Lipinski definition) is 0. The Balaban J connectivity index is 1.52. The zero-order valence-corrected chi connectivity index (χ0v) is 24.1. The highest BCUT2D eigenvalue weighted by Gasteiger charge is 2.49. The average Bonchev–Trinajstić information content (AvgIpc) is 3.50. The lowest BCUT2D eigenvalue weighted by Crippen LogP contribution is -2.49. The molecule has 0 spiro atoms. The molecule has 4 atom stereocenters. The van der Waals surface area contributed by atoms with Crippen LogP contribution >= 0.6 is 11.6 Å². The number of benzene rings is 1. The fourth-order valence-corrected chi connectivity index (χ4v) is 6.81. The van der Waals surface area contributed by atoms with E-state index >= 15 is 0 Å². The summed E-state index contributed by atoms with van der Waals surface area (Å²) in [6.07, 6.45) is -4.14. The topological polar surface area (TPSA) is 80.6 Å². The van der Waals surface area contributed by atoms with Crippen LogP contribution in [0.4, 0.5) is 22.0 Å². The maximum Gasteiger partial charge on any atom is 0.394 e. The van der Waals surface area contributed by atoms with Gasteiger partial charge >= 0.3 is 6.18 Å². The maximum absolute atomic E-state index is 14.0. The number of aryl methyl sites for hydroxylation is 1. The standard InChI is InChI=1S/C28H33ClF5N5O3/c1-15-5-3-4-6-17(15)27(41)39-10-9-18-19(29)7-8-22(42-14-20-25(26(30)31)37(2)36-35-20)24(18)21(39)13-38-12-16(11-23(38)40)28(32,33)34/h7-8,15-17,21,26H,3-6,9-14H2,1-2H3/t15-,16?,17+,21+/m0/s1. The summed E-state index contributed by atoms with van der Waals surface area (Å²) in [5, 5.41) is 7.84. The number of nitrogens with zero attached hydrogens (tertiary/aromatic N) is 5. The summed E-state index contributed by atoms with van der Waals surface area (Å²) in [7, 11) is 1.34. The van der Waals surface area contributed by atoms with Gasteiger partial charge in [-0.2, -0.15) is 13.2 Å². The summed E-state index contributed by atoms with van der Waals surface area (Å²) < 4.78 is 74.8. The van der Waals surface area contributed by atoms with E-state index in [1.165, 1.54) is 7.05 Å². The Hall–Kier alpha value is -2.96. The molecule has 3 heterocycles. The number of hydrogen-bond acceptors (Lipinski definition) is 5. The molecule has 2 fully saturated rings. The maximum atomic E-state index is 14.0. The third kappa shape index (κ3) is 5.93. The third-order valence-electron chi connectivity index (χ3n) is 8.87. The quantitative estimate of drug-likeness (QED) is 0.375. The number of aromatic nitrogens is 3. The van der Waals surface area contributed by atoms with E-state index in [0.29, 0.717) is 29.0 Å². The van der Waals surface area contributed by atoms with E-state index < -0.39 is 49.1 Å². The smallest absolute Gasteiger partial charge is 0.394 e. The summed E-state index contributed by atoms with van der Waals surface area (Å²) in [5.41, 5.74) is 0.636. The van der Waals surface area contributed by atoms with Gasteiger partial charge in [0.2, 0.25) is 11.8 Å². The minimum Gasteiger partial charge on any atom is -0.487 e. The van der Waals surface area contributed by atoms with Crippen LogP contribution in [0.1, 0.15) is 74.0 Å². The van der Waals surface area contributed by atoms with Crippen LogP contribution < -0.4 is 4.74 Å². The molecule has 1 aliphatic carbocycles. The molecule has 0 radical (unpaired) electrons. The van der Waals surface area contributed by atoms with Gasteiger partial charge in [-0.1, -0.05) is 36.6 Å². The van der Waals surface area contributed by atoms with Crippen LogP contribution in [0.2, 0.25) is 5.02 Å². The van der Waals surface area contributed by atoms with Gasteiger partial charge in [0.15, 0.2) is 0 Å². The number of fused-ring (bicyclic) bond motifs is 1. The van der Waals surface area contributed by atoms with Gasteiger partial charge in [-0.3, -0.25) is 9.59 Å². The van der Waals surface area contributed by atoms with Gasteiger partial charge in [-0.05, 0) is 42.9 Å². The third-order valence-corrected chi connectivity index (χ3v) is 9.22. The number of amides is 2. The van der Waals surface area contributed by atoms with Crippen LogP contribution in [0, 0.1) is 17.8 Å². The molecule has 8 nitrogen and oxygen atoms in total. The van der Waals surface area contributed by atoms with Gasteiger partial charge in [0.1, 0.15) is 23.7 Å². The summed E-state index contributed by atoms with van der Waals surface area (Å²) in [5.74, 6) is -2.44. The van der Waals surface area contributed by atoms with Crippen molar-refractivity contribution in [2.75, 3.05) is 19.6 Å². The number of ether oxygens (including phenoxy) is 1. The number of carbonyl (C=O) groups is 2. The molecule has 1 aromatic carbocycles. The summed E-state index contributed by atoms with van der Waals surface area (Å²) in [4.78, 5) is 29.6. The molecule has 3 aliphatic rings. The van der Waals surface area contributed by atoms with Gasteiger partial charge < -0.3 is 14.5 Å². The SMILES string of the molecule is C[C@H]1CCCC[C@H]1C(=O)N1CCc2c(Cl)ccc(OCc3nnn(C)c3C(F)F)c2[C@H]1CN1CC(C(F)(F)F)CC1=O. The first-order valence-corrected chi connectivity index (χ1v) is 14.5. The first-order valence-electron chi connectivity index (χ1n) is 14.1. The molecular weight excluding hydrogens is 585 g/mol. The van der Waals surface area contributed by atoms with Crippen LogP contribution in [0.5, 0.6) is 5.75 Å². The van der Waals surface area contributed by atoms with Crippen molar-refractivity contribution in [1.29, 1.82) is 0 Å². The van der Waals surface area contributed by atoms with Crippen LogP contribution in [0.3, 0.4) is 0 Å². The minimum absolute atomic E-state index is 0.0738. The molecule has 230 valence electrons. The van der Waals surface area contributed by atoms with Crippen LogP contribution in [0.25, 0.3) is 0 Å². The molecule has 1 unspecified atom stereocenters. The van der Waals surface area contributed by atoms with E-state index in [9.17, 15) is 31.5 Å². The number of carbonyl (C=O) groups excluding carboxylic acids is 2. The molecule has 1 aromatic heterocycles. The van der Waals surface area contributed by atoms with Gasteiger partial charge in [0.25, 0.3) is 6.43 Å². The number of halogens is 6. The Morgan fingerprint density at radius 2 is 1.95 bits per heavy atom. The normalized spacial score (nSPS) is 24.8. The second kappa shape index (κ2) is 12.0. The number of alkyl halides is 5. The predicted octanol–water partition coefficient (Wildman–Crippen LogP) is 5.65. The van der Waals surface area contributed by atoms with Crippen molar-refractivity contribution in [1.82, 2.24) is 24.8 Å². The van der Waals surface area contributed by atoms with Crippen molar-refractivity contribution in [3.05, 3.63) is 39.7 Å². The van der Waals surface area contributed by atoms with Crippen LogP contribution in [0.15, 0.2) is 12.1 Å². The van der Waals surface area contributed by atoms with Crippen molar-refractivity contribution >= 4 is 23.4 Å². The number of rotatable bonds is 7. The van der Waals surface area contributed by atoms with Gasteiger partial charge in [0, 0.05) is 49.6 Å². The molecule has 42 heavy (non-hydrogen) atoms. The summed E-state index contributed by atoms with van der Waals surface area (Å²) >= 11 is 6.58. The Morgan fingerprint density at radius 3 is 2.62 bits per heavy atom. The zero-order chi connectivity index (χ0) is 30.3. The monoisotopic (exact) mass is 617 g/mol. The lowest BCUT2D eigenvalue weighted by atomic mass is 9.78. The van der Waals surface area contributed by atoms with Crippen LogP contribution in [-0.2, 0) is 29.7 Å². The van der Waals surface area contributed by atoms with E-state index in [1.807, 2.05) is 6.92 Å². The van der Waals surface area contributed by atoms with Crippen LogP contribution in [-0.4, -0.2) is 62.4 Å². The van der Waals surface area contributed by atoms with E-state index in [4.69, 9.17) is 16.3 Å². The van der Waals surface area contributed by atoms with Crippen molar-refractivity contribution < 1.29 is 36.3 Å². The first-order chi connectivity index (χ1) is 19.9. The van der Waals surface area contributed by atoms with Crippen molar-refractivity contribution in [2.45, 2.75) is 70.7 Å². The minimum atomic E-state index is -4.53. The molecule has 14 heteroatoms. The summed E-state index contributed by atoms with van der Waals surface area (Å²) in [6.45, 7) is 1.26. The Morgan fingerprint density at radius 1 is 1.21 bits per heavy atom. The zero-order valence-electron chi connectivity index (χ0n) is 23.3. The molecule has 2 aliphatic heterocycles. The second-order valence-corrected chi connectivity index (χ2v) is 11.9. The van der Waals surface area contributed by atoms with Gasteiger partial charge in [-0.15, -0.1) is 5.10 Å². The lowest BCUT2D eigenvalue weighted by Gasteiger charge is -2.43. The average molecular weight is 618 g/mol. The van der Waals surface area contributed by atoms with E-state index in [2.05, 4.69) is 10.3 Å². The Bertz CT molecular complexity index is 1340. The highest BCUT2D eigenvalue weighted by molar-refractivity contribution is 6.31. The highest BCUT2D eigenvalue weighted by atomic mass is 35.5. The molecule has 0 N–H and O–H groups in total. The van der Waals surface area contributed by atoms with E-state index in [1.54, 1.807) is 17.0 Å². The van der Waals surface area contributed by atoms with E-state index in [-0.39, 0.29) is 48.9 Å². The predicted molar refractivity (Wildman–Crippen MR) is 142 cm³/mol. The first kappa shape index (κ1) is 30.5. The molecule has 1 saturated heterocycles. The second-order valence-electron chi connectivity index (χ2n) is 11.5. The van der Waals surface area contributed by atoms with Crippen molar-refractivity contribution in [3.63, 3.8) is 0 Å². The van der Waals surface area contributed by atoms with Crippen molar-refractivity contribution in [2.24, 2.45) is 24.8 Å². The Kier molecular flexibility index (Phi) is 8.69. The number of likely N-dealkylation sites (tertiary alicyclic amines) is 1. The fraction of sp³-hybridized carbons (Fsp3) is 0.643. The molecule has 2 amide bonds. The Labute approximate surface area is 245 Å². The molecule has 1 saturated carbocycles. The largest absolute Gasteiger partial charge is 0.487 e. The molecular formula is C28H33ClF5N5O3. The molecule has 2 aromatic rings. The van der Waals surface area contributed by atoms with Gasteiger partial charge in [0.05, 0.1) is 12.0 Å². The van der Waals surface area contributed by atoms with Gasteiger partial charge in [-0.25, -0.2) is 13.5 Å². The van der Waals surface area contributed by atoms with E-state index in [0.717, 1.165) is 28.8 Å².